The van der Waals surface area contributed by atoms with Gasteiger partial charge >= 0.3 is 5.97 Å². The van der Waals surface area contributed by atoms with E-state index in [1.807, 2.05) is 37.5 Å². The first-order chi connectivity index (χ1) is 16.6. The minimum atomic E-state index is -0.725. The first-order valence-electron chi connectivity index (χ1n) is 10.7. The van der Waals surface area contributed by atoms with Crippen molar-refractivity contribution in [1.82, 2.24) is 9.88 Å². The smallest absolute Gasteiger partial charge is 0.338 e. The SMILES string of the molecule is COC(=O)c1cccc(-n2c(C)cc(/C=C3\C(=O)NC(=S)N(c4ccccc4F)C3=O)c2C)c1C. The number of halogens is 1. The summed E-state index contributed by atoms with van der Waals surface area (Å²) in [4.78, 5) is 39.1. The van der Waals surface area contributed by atoms with Crippen LogP contribution in [-0.4, -0.2) is 34.6 Å². The molecule has 2 heterocycles. The van der Waals surface area contributed by atoms with Crippen molar-refractivity contribution in [1.29, 1.82) is 0 Å². The fraction of sp³-hybridized carbons (Fsp3) is 0.154. The van der Waals surface area contributed by atoms with Crippen LogP contribution >= 0.6 is 12.2 Å². The molecule has 0 radical (unpaired) electrons. The number of rotatable bonds is 4. The van der Waals surface area contributed by atoms with Gasteiger partial charge in [0, 0.05) is 17.1 Å². The van der Waals surface area contributed by atoms with E-state index < -0.39 is 23.6 Å². The first-order valence-corrected chi connectivity index (χ1v) is 11.1. The molecule has 7 nitrogen and oxygen atoms in total. The third-order valence-electron chi connectivity index (χ3n) is 5.92. The number of carbonyl (C=O) groups excluding carboxylic acids is 3. The number of aryl methyl sites for hydroxylation is 1. The number of para-hydroxylation sites is 1. The van der Waals surface area contributed by atoms with E-state index in [-0.39, 0.29) is 16.4 Å². The fourth-order valence-corrected chi connectivity index (χ4v) is 4.44. The molecular weight excluding hydrogens is 469 g/mol. The van der Waals surface area contributed by atoms with E-state index in [1.54, 1.807) is 18.2 Å². The first kappa shape index (κ1) is 24.0. The van der Waals surface area contributed by atoms with Gasteiger partial charge in [-0.25, -0.2) is 14.1 Å². The molecule has 1 aliphatic rings. The molecule has 1 aromatic heterocycles. The number of nitrogens with zero attached hydrogens (tertiary/aromatic N) is 2. The number of methoxy groups -OCH3 is 1. The average Bonchev–Trinajstić information content (AvgIpc) is 3.10. The van der Waals surface area contributed by atoms with Crippen LogP contribution in [0.1, 0.15) is 32.9 Å². The van der Waals surface area contributed by atoms with Gasteiger partial charge in [0.05, 0.1) is 18.4 Å². The van der Waals surface area contributed by atoms with Crippen molar-refractivity contribution >= 4 is 46.9 Å². The monoisotopic (exact) mass is 491 g/mol. The number of nitrogens with one attached hydrogen (secondary N) is 1. The molecule has 4 rings (SSSR count). The number of amides is 2. The lowest BCUT2D eigenvalue weighted by Crippen LogP contribution is -2.54. The lowest BCUT2D eigenvalue weighted by Gasteiger charge is -2.29. The van der Waals surface area contributed by atoms with Crippen LogP contribution in [0, 0.1) is 26.6 Å². The van der Waals surface area contributed by atoms with Crippen LogP contribution in [-0.2, 0) is 14.3 Å². The Morgan fingerprint density at radius 1 is 1.06 bits per heavy atom. The van der Waals surface area contributed by atoms with Gasteiger partial charge in [-0.3, -0.25) is 14.9 Å². The highest BCUT2D eigenvalue weighted by Gasteiger charge is 2.36. The molecule has 0 saturated carbocycles. The number of hydrogen-bond acceptors (Lipinski definition) is 5. The summed E-state index contributed by atoms with van der Waals surface area (Å²) >= 11 is 5.15. The molecule has 2 aromatic carbocycles. The number of aromatic nitrogens is 1. The second kappa shape index (κ2) is 9.27. The maximum absolute atomic E-state index is 14.4. The van der Waals surface area contributed by atoms with Gasteiger partial charge in [-0.1, -0.05) is 18.2 Å². The van der Waals surface area contributed by atoms with Crippen LogP contribution in [0.3, 0.4) is 0 Å². The molecule has 0 bridgehead atoms. The summed E-state index contributed by atoms with van der Waals surface area (Å²) in [7, 11) is 1.33. The van der Waals surface area contributed by atoms with Crippen molar-refractivity contribution in [2.24, 2.45) is 0 Å². The number of esters is 1. The van der Waals surface area contributed by atoms with E-state index in [0.717, 1.165) is 27.5 Å². The van der Waals surface area contributed by atoms with E-state index >= 15 is 0 Å². The minimum absolute atomic E-state index is 0.0471. The quantitative estimate of drug-likeness (QED) is 0.257. The number of thiocarbonyl (C=S) groups is 1. The van der Waals surface area contributed by atoms with Crippen LogP contribution in [0.5, 0.6) is 0 Å². The molecular formula is C26H22FN3O4S. The molecule has 9 heteroatoms. The lowest BCUT2D eigenvalue weighted by atomic mass is 10.1. The summed E-state index contributed by atoms with van der Waals surface area (Å²) in [5, 5.41) is 2.28. The summed E-state index contributed by atoms with van der Waals surface area (Å²) in [5.74, 6) is -2.47. The highest BCUT2D eigenvalue weighted by molar-refractivity contribution is 7.80. The maximum Gasteiger partial charge on any atom is 0.338 e. The normalized spacial score (nSPS) is 14.9. The molecule has 35 heavy (non-hydrogen) atoms. The van der Waals surface area contributed by atoms with Crippen LogP contribution in [0.4, 0.5) is 10.1 Å². The van der Waals surface area contributed by atoms with Crippen molar-refractivity contribution < 1.29 is 23.5 Å². The van der Waals surface area contributed by atoms with Crippen molar-refractivity contribution in [3.63, 3.8) is 0 Å². The molecule has 1 aliphatic heterocycles. The van der Waals surface area contributed by atoms with E-state index in [9.17, 15) is 18.8 Å². The summed E-state index contributed by atoms with van der Waals surface area (Å²) in [6, 6.07) is 12.8. The zero-order valence-corrected chi connectivity index (χ0v) is 20.3. The van der Waals surface area contributed by atoms with Crippen molar-refractivity contribution in [3.8, 4) is 5.69 Å². The average molecular weight is 492 g/mol. The Balaban J connectivity index is 1.80. The number of hydrogen-bond donors (Lipinski definition) is 1. The van der Waals surface area contributed by atoms with E-state index in [0.29, 0.717) is 11.1 Å². The fourth-order valence-electron chi connectivity index (χ4n) is 4.17. The van der Waals surface area contributed by atoms with Crippen LogP contribution < -0.4 is 10.2 Å². The number of anilines is 1. The van der Waals surface area contributed by atoms with Crippen LogP contribution in [0.25, 0.3) is 11.8 Å². The zero-order valence-electron chi connectivity index (χ0n) is 19.5. The van der Waals surface area contributed by atoms with E-state index in [2.05, 4.69) is 5.32 Å². The molecule has 0 atom stereocenters. The Morgan fingerprint density at radius 2 is 1.74 bits per heavy atom. The zero-order chi connectivity index (χ0) is 25.4. The van der Waals surface area contributed by atoms with Gasteiger partial charge in [-0.2, -0.15) is 0 Å². The van der Waals surface area contributed by atoms with Gasteiger partial charge in [0.15, 0.2) is 5.11 Å². The third-order valence-corrected chi connectivity index (χ3v) is 6.20. The summed E-state index contributed by atoms with van der Waals surface area (Å²) in [5.41, 5.74) is 3.88. The standard InChI is InChI=1S/C26H22FN3O4S/c1-14-12-17(16(3)29(14)21-11-7-8-18(15(21)2)25(33)34-4)13-19-23(31)28-26(35)30(24(19)32)22-10-6-5-9-20(22)27/h5-13H,1-4H3,(H,28,31,35)/b19-13+. The second-order valence-corrected chi connectivity index (χ2v) is 8.40. The van der Waals surface area contributed by atoms with Gasteiger partial charge in [0.25, 0.3) is 11.8 Å². The number of benzene rings is 2. The van der Waals surface area contributed by atoms with Crippen LogP contribution in [0.2, 0.25) is 0 Å². The molecule has 0 unspecified atom stereocenters. The summed E-state index contributed by atoms with van der Waals surface area (Å²) < 4.78 is 21.2. The highest BCUT2D eigenvalue weighted by atomic mass is 32.1. The predicted octanol–water partition coefficient (Wildman–Crippen LogP) is 4.16. The Morgan fingerprint density at radius 3 is 2.43 bits per heavy atom. The molecule has 1 fully saturated rings. The highest BCUT2D eigenvalue weighted by Crippen LogP contribution is 2.29. The topological polar surface area (TPSA) is 80.6 Å². The van der Waals surface area contributed by atoms with Gasteiger partial charge in [-0.15, -0.1) is 0 Å². The van der Waals surface area contributed by atoms with Gasteiger partial charge in [0.1, 0.15) is 11.4 Å². The molecule has 0 aliphatic carbocycles. The van der Waals surface area contributed by atoms with E-state index in [1.165, 1.54) is 31.4 Å². The van der Waals surface area contributed by atoms with Crippen molar-refractivity contribution in [2.45, 2.75) is 20.8 Å². The minimum Gasteiger partial charge on any atom is -0.465 e. The Kier molecular flexibility index (Phi) is 6.36. The second-order valence-electron chi connectivity index (χ2n) is 8.01. The van der Waals surface area contributed by atoms with Crippen molar-refractivity contribution in [3.05, 3.63) is 88.0 Å². The Hall–Kier alpha value is -4.11. The Bertz CT molecular complexity index is 1440. The Labute approximate surface area is 206 Å². The molecule has 2 amide bonds. The van der Waals surface area contributed by atoms with Crippen molar-refractivity contribution in [2.75, 3.05) is 12.0 Å². The lowest BCUT2D eigenvalue weighted by molar-refractivity contribution is -0.122. The maximum atomic E-state index is 14.4. The van der Waals surface area contributed by atoms with E-state index in [4.69, 9.17) is 17.0 Å². The number of ether oxygens (including phenoxy) is 1. The molecule has 1 saturated heterocycles. The predicted molar refractivity (Wildman–Crippen MR) is 134 cm³/mol. The van der Waals surface area contributed by atoms with Crippen LogP contribution in [0.15, 0.2) is 54.1 Å². The third kappa shape index (κ3) is 4.15. The summed E-state index contributed by atoms with van der Waals surface area (Å²) in [6.45, 7) is 5.54. The molecule has 3 aromatic rings. The number of carbonyl (C=O) groups is 3. The van der Waals surface area contributed by atoms with Gasteiger partial charge < -0.3 is 9.30 Å². The largest absolute Gasteiger partial charge is 0.465 e. The van der Waals surface area contributed by atoms with Gasteiger partial charge in [-0.05, 0) is 80.5 Å². The van der Waals surface area contributed by atoms with Gasteiger partial charge in [0.2, 0.25) is 0 Å². The molecule has 178 valence electrons. The molecule has 1 N–H and O–H groups in total. The summed E-state index contributed by atoms with van der Waals surface area (Å²) in [6.07, 6.45) is 1.46. The molecule has 0 spiro atoms.